The van der Waals surface area contributed by atoms with Crippen LogP contribution in [0.1, 0.15) is 0 Å². The van der Waals surface area contributed by atoms with Gasteiger partial charge in [0.25, 0.3) is 10.1 Å². The van der Waals surface area contributed by atoms with Crippen LogP contribution in [-0.4, -0.2) is 18.1 Å². The van der Waals surface area contributed by atoms with Crippen molar-refractivity contribution in [3.05, 3.63) is 45.2 Å². The van der Waals surface area contributed by atoms with Crippen LogP contribution in [-0.2, 0) is 10.1 Å². The van der Waals surface area contributed by atoms with Gasteiger partial charge in [-0.05, 0) is 16.4 Å². The molecule has 2 rings (SSSR count). The fraction of sp³-hybridized carbons (Fsp3) is 0. The zero-order chi connectivity index (χ0) is 15.6. The van der Waals surface area contributed by atoms with Gasteiger partial charge in [-0.3, -0.25) is 4.55 Å². The summed E-state index contributed by atoms with van der Waals surface area (Å²) in [5.74, 6) is -0.989. The van der Waals surface area contributed by atoms with E-state index in [1.54, 1.807) is 0 Å². The smallest absolute Gasteiger partial charge is 0.298 e. The van der Waals surface area contributed by atoms with Gasteiger partial charge in [0.1, 0.15) is 10.6 Å². The normalized spacial score (nSPS) is 10.7. The molecule has 0 radical (unpaired) electrons. The van der Waals surface area contributed by atoms with E-state index in [2.05, 4.69) is 20.1 Å². The first kappa shape index (κ1) is 14.4. The van der Waals surface area contributed by atoms with Crippen LogP contribution in [0.15, 0.2) is 39.4 Å². The molecule has 0 aliphatic rings. The molecule has 0 amide bonds. The lowest BCUT2D eigenvalue weighted by Crippen LogP contribution is -2.00. The Kier molecular flexibility index (Phi) is 3.57. The van der Waals surface area contributed by atoms with Crippen LogP contribution in [0, 0.1) is 0 Å². The van der Waals surface area contributed by atoms with Crippen LogP contribution in [0.2, 0.25) is 0 Å². The predicted octanol–water partition coefficient (Wildman–Crippen LogP) is 3.68. The standard InChI is InChI=1S/C10H6N6O4S/c11-15-13-7-5-3-1-2-4-6(5)10(21(18,19)20)9(17)8(7)14-16-12/h1-4,17H,(H,18,19,20). The van der Waals surface area contributed by atoms with Gasteiger partial charge in [0, 0.05) is 15.2 Å². The molecular formula is C10H6N6O4S. The molecule has 0 saturated carbocycles. The van der Waals surface area contributed by atoms with E-state index in [-0.39, 0.29) is 16.5 Å². The highest BCUT2D eigenvalue weighted by Gasteiger charge is 2.25. The summed E-state index contributed by atoms with van der Waals surface area (Å²) in [6.07, 6.45) is 0. The Bertz CT molecular complexity index is 942. The monoisotopic (exact) mass is 306 g/mol. The van der Waals surface area contributed by atoms with Gasteiger partial charge in [-0.25, -0.2) is 0 Å². The molecule has 2 aromatic carbocycles. The highest BCUT2D eigenvalue weighted by Crippen LogP contribution is 2.48. The van der Waals surface area contributed by atoms with Crippen molar-refractivity contribution in [2.24, 2.45) is 10.2 Å². The molecule has 0 spiro atoms. The van der Waals surface area contributed by atoms with E-state index < -0.39 is 26.5 Å². The molecule has 0 atom stereocenters. The number of benzene rings is 2. The Morgan fingerprint density at radius 2 is 1.52 bits per heavy atom. The molecule has 0 aliphatic heterocycles. The number of fused-ring (bicyclic) bond motifs is 1. The van der Waals surface area contributed by atoms with E-state index in [9.17, 15) is 18.1 Å². The van der Waals surface area contributed by atoms with Crippen LogP contribution in [0.4, 0.5) is 11.4 Å². The zero-order valence-electron chi connectivity index (χ0n) is 10.1. The SMILES string of the molecule is [N-]=[N+]=Nc1c(O)c(S(=O)(=O)O)c2ccccc2c1N=[N+]=[N-]. The second kappa shape index (κ2) is 5.19. The third kappa shape index (κ3) is 2.40. The van der Waals surface area contributed by atoms with Gasteiger partial charge in [0.15, 0.2) is 0 Å². The Morgan fingerprint density at radius 1 is 1.00 bits per heavy atom. The molecule has 0 fully saturated rings. The van der Waals surface area contributed by atoms with Crippen LogP contribution in [0.3, 0.4) is 0 Å². The van der Waals surface area contributed by atoms with Crippen molar-refractivity contribution < 1.29 is 18.1 Å². The van der Waals surface area contributed by atoms with Gasteiger partial charge < -0.3 is 5.11 Å². The van der Waals surface area contributed by atoms with Crippen molar-refractivity contribution in [2.75, 3.05) is 0 Å². The summed E-state index contributed by atoms with van der Waals surface area (Å²) in [6, 6.07) is 5.67. The third-order valence-corrected chi connectivity index (χ3v) is 3.57. The lowest BCUT2D eigenvalue weighted by molar-refractivity contribution is 0.447. The number of rotatable bonds is 3. The highest BCUT2D eigenvalue weighted by atomic mass is 32.2. The van der Waals surface area contributed by atoms with Crippen molar-refractivity contribution in [2.45, 2.75) is 4.90 Å². The highest BCUT2D eigenvalue weighted by molar-refractivity contribution is 7.86. The van der Waals surface area contributed by atoms with Gasteiger partial charge >= 0.3 is 0 Å². The first-order valence-corrected chi connectivity index (χ1v) is 6.71. The molecule has 0 unspecified atom stereocenters. The number of hydrogen-bond donors (Lipinski definition) is 2. The molecule has 2 aromatic rings. The van der Waals surface area contributed by atoms with Crippen molar-refractivity contribution in [3.8, 4) is 5.75 Å². The molecule has 2 N–H and O–H groups in total. The van der Waals surface area contributed by atoms with Crippen LogP contribution in [0.25, 0.3) is 31.7 Å². The molecule has 0 bridgehead atoms. The average molecular weight is 306 g/mol. The summed E-state index contributed by atoms with van der Waals surface area (Å²) in [4.78, 5) is 4.17. The number of phenols is 1. The second-order valence-corrected chi connectivity index (χ2v) is 5.13. The summed E-state index contributed by atoms with van der Waals surface area (Å²) < 4.78 is 32.2. The van der Waals surface area contributed by atoms with Crippen molar-refractivity contribution in [1.29, 1.82) is 0 Å². The average Bonchev–Trinajstić information content (AvgIpc) is 2.41. The first-order chi connectivity index (χ1) is 9.91. The molecule has 0 saturated heterocycles. The van der Waals surface area contributed by atoms with Crippen molar-refractivity contribution in [1.82, 2.24) is 0 Å². The van der Waals surface area contributed by atoms with E-state index in [1.807, 2.05) is 0 Å². The topological polar surface area (TPSA) is 172 Å². The largest absolute Gasteiger partial charge is 0.506 e. The first-order valence-electron chi connectivity index (χ1n) is 5.27. The summed E-state index contributed by atoms with van der Waals surface area (Å²) >= 11 is 0. The number of hydrogen-bond acceptors (Lipinski definition) is 5. The fourth-order valence-corrected chi connectivity index (χ4v) is 2.71. The maximum Gasteiger partial charge on any atom is 0.298 e. The van der Waals surface area contributed by atoms with E-state index in [0.29, 0.717) is 0 Å². The Balaban J connectivity index is 3.21. The minimum Gasteiger partial charge on any atom is -0.506 e. The number of aromatic hydroxyl groups is 1. The van der Waals surface area contributed by atoms with Gasteiger partial charge in [0.2, 0.25) is 0 Å². The Morgan fingerprint density at radius 3 is 2.05 bits per heavy atom. The van der Waals surface area contributed by atoms with E-state index in [0.717, 1.165) is 0 Å². The quantitative estimate of drug-likeness (QED) is 0.381. The summed E-state index contributed by atoms with van der Waals surface area (Å²) in [5, 5.41) is 16.5. The molecule has 0 aromatic heterocycles. The Labute approximate surface area is 117 Å². The maximum atomic E-state index is 11.5. The van der Waals surface area contributed by atoms with Crippen molar-refractivity contribution in [3.63, 3.8) is 0 Å². The van der Waals surface area contributed by atoms with Crippen LogP contribution >= 0.6 is 0 Å². The molecule has 0 heterocycles. The maximum absolute atomic E-state index is 11.5. The van der Waals surface area contributed by atoms with E-state index in [1.165, 1.54) is 24.3 Å². The van der Waals surface area contributed by atoms with Crippen LogP contribution < -0.4 is 0 Å². The molecule has 10 nitrogen and oxygen atoms in total. The molecule has 0 aliphatic carbocycles. The van der Waals surface area contributed by atoms with Crippen molar-refractivity contribution >= 4 is 32.3 Å². The fourth-order valence-electron chi connectivity index (χ4n) is 1.91. The minimum atomic E-state index is -4.80. The van der Waals surface area contributed by atoms with E-state index >= 15 is 0 Å². The number of nitrogens with zero attached hydrogens (tertiary/aromatic N) is 6. The van der Waals surface area contributed by atoms with Gasteiger partial charge in [-0.2, -0.15) is 8.42 Å². The van der Waals surface area contributed by atoms with Gasteiger partial charge in [-0.15, -0.1) is 0 Å². The number of phenolic OH excluding ortho intramolecular Hbond substituents is 1. The lowest BCUT2D eigenvalue weighted by atomic mass is 10.1. The molecule has 11 heteroatoms. The lowest BCUT2D eigenvalue weighted by Gasteiger charge is -2.12. The molecule has 21 heavy (non-hydrogen) atoms. The summed E-state index contributed by atoms with van der Waals surface area (Å²) in [5.41, 5.74) is 16.2. The van der Waals surface area contributed by atoms with E-state index in [4.69, 9.17) is 11.1 Å². The zero-order valence-corrected chi connectivity index (χ0v) is 10.9. The molecular weight excluding hydrogens is 300 g/mol. The minimum absolute atomic E-state index is 0.0724. The van der Waals surface area contributed by atoms with Gasteiger partial charge in [0.05, 0.1) is 11.4 Å². The van der Waals surface area contributed by atoms with Gasteiger partial charge in [-0.1, -0.05) is 34.5 Å². The second-order valence-electron chi connectivity index (χ2n) is 3.77. The molecule has 106 valence electrons. The number of azide groups is 2. The van der Waals surface area contributed by atoms with Crippen LogP contribution in [0.5, 0.6) is 5.75 Å². The Hall–Kier alpha value is -2.97. The third-order valence-electron chi connectivity index (χ3n) is 2.64. The summed E-state index contributed by atoms with van der Waals surface area (Å²) in [7, 11) is -4.80. The summed E-state index contributed by atoms with van der Waals surface area (Å²) in [6.45, 7) is 0. The predicted molar refractivity (Wildman–Crippen MR) is 73.0 cm³/mol.